The molecule has 1 amide bonds. The molecule has 0 aromatic heterocycles. The van der Waals surface area contributed by atoms with Gasteiger partial charge in [-0.1, -0.05) is 6.92 Å². The minimum atomic E-state index is -0.915. The van der Waals surface area contributed by atoms with E-state index in [0.717, 1.165) is 6.54 Å². The molecule has 0 heterocycles. The van der Waals surface area contributed by atoms with Gasteiger partial charge in [0.2, 0.25) is 0 Å². The standard InChI is InChI=1S/C7H16N2O3.2Na.2H/c1-4-9(12-3)6-5-8(2)7(10)11;;;;/h4-6H2,1-3H3,(H,10,11);;;;/q;2*+1;2*-1. The minimum Gasteiger partial charge on any atom is -1.00 e. The number of amides is 1. The van der Waals surface area contributed by atoms with Crippen molar-refractivity contribution in [3.05, 3.63) is 0 Å². The second-order valence-electron chi connectivity index (χ2n) is 2.41. The number of hydroxylamine groups is 2. The van der Waals surface area contributed by atoms with Crippen LogP contribution in [0.3, 0.4) is 0 Å². The summed E-state index contributed by atoms with van der Waals surface area (Å²) in [5.41, 5.74) is 0. The molecular formula is C7H18N2Na2O3. The maximum absolute atomic E-state index is 10.4. The van der Waals surface area contributed by atoms with E-state index < -0.39 is 6.09 Å². The van der Waals surface area contributed by atoms with Crippen LogP contribution >= 0.6 is 0 Å². The van der Waals surface area contributed by atoms with Crippen molar-refractivity contribution < 1.29 is 76.7 Å². The second kappa shape index (κ2) is 12.3. The molecule has 0 aliphatic heterocycles. The summed E-state index contributed by atoms with van der Waals surface area (Å²) in [5, 5.41) is 10.2. The average Bonchev–Trinajstić information content (AvgIpc) is 2.05. The number of nitrogens with zero attached hydrogens (tertiary/aromatic N) is 2. The monoisotopic (exact) mass is 224 g/mol. The van der Waals surface area contributed by atoms with Crippen molar-refractivity contribution in [2.24, 2.45) is 0 Å². The topological polar surface area (TPSA) is 53.0 Å². The number of carbonyl (C=O) groups is 1. The van der Waals surface area contributed by atoms with Gasteiger partial charge in [0.1, 0.15) is 0 Å². The van der Waals surface area contributed by atoms with E-state index in [4.69, 9.17) is 9.94 Å². The molecule has 0 unspecified atom stereocenters. The van der Waals surface area contributed by atoms with E-state index in [0.29, 0.717) is 13.1 Å². The van der Waals surface area contributed by atoms with Gasteiger partial charge in [-0.05, 0) is 0 Å². The predicted molar refractivity (Wildman–Crippen MR) is 47.1 cm³/mol. The van der Waals surface area contributed by atoms with Gasteiger partial charge in [0.15, 0.2) is 0 Å². The zero-order valence-corrected chi connectivity index (χ0v) is 13.8. The summed E-state index contributed by atoms with van der Waals surface area (Å²) in [5.74, 6) is 0. The number of carboxylic acid groups (broad SMARTS) is 1. The fourth-order valence-electron chi connectivity index (χ4n) is 0.736. The van der Waals surface area contributed by atoms with Crippen LogP contribution in [0.5, 0.6) is 0 Å². The quantitative estimate of drug-likeness (QED) is 0.374. The second-order valence-corrected chi connectivity index (χ2v) is 2.41. The summed E-state index contributed by atoms with van der Waals surface area (Å²) < 4.78 is 0. The molecular weight excluding hydrogens is 206 g/mol. The Hall–Kier alpha value is 1.19. The van der Waals surface area contributed by atoms with E-state index >= 15 is 0 Å². The van der Waals surface area contributed by atoms with E-state index in [1.54, 1.807) is 12.2 Å². The van der Waals surface area contributed by atoms with E-state index in [1.165, 1.54) is 11.9 Å². The SMILES string of the molecule is CCN(CCN(C)C(=O)O)OC.[H-].[H-].[Na+].[Na+]. The Labute approximate surface area is 132 Å². The fourth-order valence-corrected chi connectivity index (χ4v) is 0.736. The van der Waals surface area contributed by atoms with Crippen LogP contribution < -0.4 is 59.1 Å². The molecule has 0 saturated carbocycles. The fraction of sp³-hybridized carbons (Fsp3) is 0.857. The minimum absolute atomic E-state index is 0. The van der Waals surface area contributed by atoms with Gasteiger partial charge in [-0.2, -0.15) is 5.06 Å². The molecule has 7 heteroatoms. The Bertz CT molecular complexity index is 154. The first kappa shape index (κ1) is 20.6. The van der Waals surface area contributed by atoms with Crippen molar-refractivity contribution in [1.82, 2.24) is 9.96 Å². The summed E-state index contributed by atoms with van der Waals surface area (Å²) in [6.07, 6.45) is -0.915. The Morgan fingerprint density at radius 3 is 2.21 bits per heavy atom. The molecule has 5 nitrogen and oxygen atoms in total. The molecule has 0 aromatic rings. The van der Waals surface area contributed by atoms with Gasteiger partial charge < -0.3 is 17.7 Å². The number of hydrogen-bond donors (Lipinski definition) is 1. The van der Waals surface area contributed by atoms with Crippen molar-refractivity contribution >= 4 is 6.09 Å². The molecule has 0 aliphatic carbocycles. The number of rotatable bonds is 5. The van der Waals surface area contributed by atoms with Crippen LogP contribution in [0.25, 0.3) is 0 Å². The molecule has 0 aliphatic rings. The van der Waals surface area contributed by atoms with Gasteiger partial charge >= 0.3 is 65.2 Å². The van der Waals surface area contributed by atoms with Gasteiger partial charge in [0.05, 0.1) is 7.11 Å². The Balaban J connectivity index is -0.000000101. The Morgan fingerprint density at radius 1 is 1.43 bits per heavy atom. The van der Waals surface area contributed by atoms with E-state index in [2.05, 4.69) is 0 Å². The maximum Gasteiger partial charge on any atom is 1.00 e. The molecule has 0 radical (unpaired) electrons. The number of hydrogen-bond acceptors (Lipinski definition) is 3. The van der Waals surface area contributed by atoms with E-state index in [-0.39, 0.29) is 62.0 Å². The molecule has 0 rings (SSSR count). The van der Waals surface area contributed by atoms with Crippen LogP contribution in [0, 0.1) is 0 Å². The van der Waals surface area contributed by atoms with Gasteiger partial charge in [-0.15, -0.1) is 0 Å². The number of likely N-dealkylation sites (N-methyl/N-ethyl adjacent to an activating group) is 2. The van der Waals surface area contributed by atoms with Crippen LogP contribution in [0.4, 0.5) is 4.79 Å². The zero-order chi connectivity index (χ0) is 9.56. The molecule has 0 aromatic carbocycles. The third-order valence-corrected chi connectivity index (χ3v) is 1.62. The normalized spacial score (nSPS) is 8.86. The van der Waals surface area contributed by atoms with Gasteiger partial charge in [0.25, 0.3) is 0 Å². The van der Waals surface area contributed by atoms with Crippen molar-refractivity contribution in [1.29, 1.82) is 0 Å². The van der Waals surface area contributed by atoms with Crippen LogP contribution in [0.15, 0.2) is 0 Å². The van der Waals surface area contributed by atoms with Gasteiger partial charge in [-0.3, -0.25) is 0 Å². The molecule has 0 fully saturated rings. The van der Waals surface area contributed by atoms with E-state index in [1.807, 2.05) is 6.92 Å². The summed E-state index contributed by atoms with van der Waals surface area (Å²) in [4.78, 5) is 16.5. The molecule has 0 atom stereocenters. The third-order valence-electron chi connectivity index (χ3n) is 1.62. The van der Waals surface area contributed by atoms with Gasteiger partial charge in [0, 0.05) is 26.7 Å². The summed E-state index contributed by atoms with van der Waals surface area (Å²) >= 11 is 0. The summed E-state index contributed by atoms with van der Waals surface area (Å²) in [6, 6.07) is 0. The van der Waals surface area contributed by atoms with Crippen LogP contribution in [0.2, 0.25) is 0 Å². The molecule has 76 valence electrons. The Kier molecular flexibility index (Phi) is 18.0. The third kappa shape index (κ3) is 9.73. The molecule has 0 spiro atoms. The van der Waals surface area contributed by atoms with Crippen LogP contribution in [-0.2, 0) is 4.84 Å². The Morgan fingerprint density at radius 2 is 1.93 bits per heavy atom. The van der Waals surface area contributed by atoms with Crippen LogP contribution in [0.1, 0.15) is 9.78 Å². The summed E-state index contributed by atoms with van der Waals surface area (Å²) in [6.45, 7) is 3.75. The van der Waals surface area contributed by atoms with Crippen molar-refractivity contribution in [3.63, 3.8) is 0 Å². The van der Waals surface area contributed by atoms with Crippen molar-refractivity contribution in [2.45, 2.75) is 6.92 Å². The smallest absolute Gasteiger partial charge is 1.00 e. The largest absolute Gasteiger partial charge is 1.00 e. The summed E-state index contributed by atoms with van der Waals surface area (Å²) in [7, 11) is 3.11. The van der Waals surface area contributed by atoms with Crippen molar-refractivity contribution in [3.8, 4) is 0 Å². The average molecular weight is 224 g/mol. The first-order valence-electron chi connectivity index (χ1n) is 3.85. The molecule has 0 saturated heterocycles. The van der Waals surface area contributed by atoms with Gasteiger partial charge in [-0.25, -0.2) is 4.79 Å². The first-order chi connectivity index (χ1) is 5.61. The molecule has 1 N–H and O–H groups in total. The molecule has 14 heavy (non-hydrogen) atoms. The maximum atomic E-state index is 10.4. The first-order valence-corrected chi connectivity index (χ1v) is 3.85. The van der Waals surface area contributed by atoms with Crippen molar-refractivity contribution in [2.75, 3.05) is 33.8 Å². The van der Waals surface area contributed by atoms with Crippen LogP contribution in [-0.4, -0.2) is 55.0 Å². The molecule has 0 bridgehead atoms. The predicted octanol–water partition coefficient (Wildman–Crippen LogP) is -5.29. The zero-order valence-electron chi connectivity index (χ0n) is 11.8. The van der Waals surface area contributed by atoms with E-state index in [9.17, 15) is 4.79 Å².